The Bertz CT molecular complexity index is 552. The average molecular weight is 353 g/mol. The molecule has 0 aromatic carbocycles. The lowest BCUT2D eigenvalue weighted by Crippen LogP contribution is -2.50. The van der Waals surface area contributed by atoms with E-state index >= 15 is 0 Å². The molecule has 0 aliphatic carbocycles. The van der Waals surface area contributed by atoms with Crippen LogP contribution in [-0.2, 0) is 25.7 Å². The van der Waals surface area contributed by atoms with Crippen molar-refractivity contribution < 1.29 is 19.1 Å². The molecule has 0 spiro atoms. The van der Waals surface area contributed by atoms with Gasteiger partial charge in [-0.25, -0.2) is 4.98 Å². The van der Waals surface area contributed by atoms with Gasteiger partial charge in [-0.2, -0.15) is 0 Å². The fourth-order valence-corrected chi connectivity index (χ4v) is 3.54. The molecule has 2 fully saturated rings. The number of nitrogens with one attached hydrogen (secondary N) is 1. The smallest absolute Gasteiger partial charge is 0.222 e. The van der Waals surface area contributed by atoms with E-state index in [9.17, 15) is 9.59 Å². The molecule has 7 nitrogen and oxygen atoms in total. The molecule has 0 unspecified atom stereocenters. The number of hydrogen-bond donors (Lipinski definition) is 1. The highest BCUT2D eigenvalue weighted by Gasteiger charge is 2.28. The Morgan fingerprint density at radius 1 is 1.54 bits per heavy atom. The topological polar surface area (TPSA) is 80.8 Å². The van der Waals surface area contributed by atoms with Crippen molar-refractivity contribution in [3.63, 3.8) is 0 Å². The van der Waals surface area contributed by atoms with Crippen molar-refractivity contribution in [2.24, 2.45) is 0 Å². The molecule has 3 heterocycles. The Hall–Kier alpha value is -1.51. The molecule has 2 aliphatic heterocycles. The van der Waals surface area contributed by atoms with Crippen molar-refractivity contribution in [2.45, 2.75) is 44.4 Å². The quantitative estimate of drug-likeness (QED) is 0.789. The van der Waals surface area contributed by atoms with E-state index in [0.29, 0.717) is 39.2 Å². The van der Waals surface area contributed by atoms with Crippen LogP contribution in [0.2, 0.25) is 0 Å². The van der Waals surface area contributed by atoms with E-state index in [4.69, 9.17) is 9.47 Å². The predicted molar refractivity (Wildman–Crippen MR) is 88.5 cm³/mol. The van der Waals surface area contributed by atoms with Crippen LogP contribution in [0.25, 0.3) is 0 Å². The molecule has 8 heteroatoms. The number of amides is 2. The van der Waals surface area contributed by atoms with Gasteiger partial charge >= 0.3 is 0 Å². The average Bonchev–Trinajstić information content (AvgIpc) is 3.24. The number of carbonyl (C=O) groups excluding carboxylic acids is 2. The van der Waals surface area contributed by atoms with Gasteiger partial charge in [-0.15, -0.1) is 11.3 Å². The van der Waals surface area contributed by atoms with Crippen LogP contribution in [0.3, 0.4) is 0 Å². The van der Waals surface area contributed by atoms with Crippen LogP contribution in [0.4, 0.5) is 0 Å². The third-order valence-corrected chi connectivity index (χ3v) is 4.99. The number of nitrogens with zero attached hydrogens (tertiary/aromatic N) is 2. The zero-order valence-corrected chi connectivity index (χ0v) is 14.4. The number of likely N-dealkylation sites (tertiary alicyclic amines) is 1. The first-order valence-electron chi connectivity index (χ1n) is 8.36. The molecule has 0 saturated carbocycles. The molecule has 1 aromatic heterocycles. The van der Waals surface area contributed by atoms with Gasteiger partial charge in [-0.05, 0) is 12.8 Å². The molecule has 2 saturated heterocycles. The monoisotopic (exact) mass is 353 g/mol. The summed E-state index contributed by atoms with van der Waals surface area (Å²) in [6, 6.07) is -0.0563. The third-order valence-electron chi connectivity index (χ3n) is 4.36. The van der Waals surface area contributed by atoms with Gasteiger partial charge in [-0.3, -0.25) is 9.59 Å². The molecular formula is C16H23N3O4S. The van der Waals surface area contributed by atoms with Gasteiger partial charge in [-0.1, -0.05) is 0 Å². The number of carbonyl (C=O) groups is 2. The number of aromatic nitrogens is 1. The number of hydrogen-bond acceptors (Lipinski definition) is 6. The minimum Gasteiger partial charge on any atom is -0.379 e. The second-order valence-electron chi connectivity index (χ2n) is 6.10. The fraction of sp³-hybridized carbons (Fsp3) is 0.688. The van der Waals surface area contributed by atoms with Crippen LogP contribution < -0.4 is 5.32 Å². The lowest BCUT2D eigenvalue weighted by molar-refractivity contribution is -0.129. The zero-order chi connectivity index (χ0) is 16.8. The summed E-state index contributed by atoms with van der Waals surface area (Å²) in [7, 11) is 0. The van der Waals surface area contributed by atoms with E-state index in [-0.39, 0.29) is 24.0 Å². The summed E-state index contributed by atoms with van der Waals surface area (Å²) in [5.74, 6) is 0.113. The molecular weight excluding hydrogens is 330 g/mol. The van der Waals surface area contributed by atoms with E-state index in [1.54, 1.807) is 10.4 Å². The van der Waals surface area contributed by atoms with Crippen molar-refractivity contribution in [3.8, 4) is 0 Å². The van der Waals surface area contributed by atoms with Crippen LogP contribution in [0.5, 0.6) is 0 Å². The second kappa shape index (κ2) is 8.55. The number of thiazole rings is 1. The summed E-state index contributed by atoms with van der Waals surface area (Å²) in [6.45, 7) is 2.78. The Kier molecular flexibility index (Phi) is 6.17. The van der Waals surface area contributed by atoms with Crippen molar-refractivity contribution in [3.05, 3.63) is 16.6 Å². The SMILES string of the molecule is O=C(CCN1CCCC1=O)N[C@@H]1CCOC[C@H]1OCc1cscn1. The molecule has 0 radical (unpaired) electrons. The minimum absolute atomic E-state index is 0.0381. The third kappa shape index (κ3) is 4.75. The molecule has 0 bridgehead atoms. The molecule has 132 valence electrons. The maximum Gasteiger partial charge on any atom is 0.222 e. The molecule has 3 rings (SSSR count). The van der Waals surface area contributed by atoms with E-state index in [2.05, 4.69) is 10.3 Å². The first-order chi connectivity index (χ1) is 11.7. The summed E-state index contributed by atoms with van der Waals surface area (Å²) in [6.07, 6.45) is 2.40. The summed E-state index contributed by atoms with van der Waals surface area (Å²) in [5, 5.41) is 4.99. The zero-order valence-electron chi connectivity index (χ0n) is 13.6. The van der Waals surface area contributed by atoms with E-state index in [0.717, 1.165) is 25.1 Å². The lowest BCUT2D eigenvalue weighted by Gasteiger charge is -2.32. The normalized spacial score (nSPS) is 24.3. The lowest BCUT2D eigenvalue weighted by atomic mass is 10.1. The first-order valence-corrected chi connectivity index (χ1v) is 9.30. The molecule has 1 aromatic rings. The highest BCUT2D eigenvalue weighted by Crippen LogP contribution is 2.15. The number of ether oxygens (including phenoxy) is 2. The maximum atomic E-state index is 12.2. The van der Waals surface area contributed by atoms with Gasteiger partial charge in [0, 0.05) is 37.9 Å². The standard InChI is InChI=1S/C16H23N3O4S/c20-15(3-6-19-5-1-2-16(19)21)18-13-4-7-22-9-14(13)23-8-12-10-24-11-17-12/h10-11,13-14H,1-9H2,(H,18,20)/t13-,14-/m1/s1. The van der Waals surface area contributed by atoms with Gasteiger partial charge in [0.25, 0.3) is 0 Å². The van der Waals surface area contributed by atoms with Gasteiger partial charge < -0.3 is 19.7 Å². The van der Waals surface area contributed by atoms with E-state index in [1.807, 2.05) is 5.38 Å². The van der Waals surface area contributed by atoms with Crippen LogP contribution in [-0.4, -0.2) is 60.1 Å². The largest absolute Gasteiger partial charge is 0.379 e. The molecule has 1 N–H and O–H groups in total. The highest BCUT2D eigenvalue weighted by atomic mass is 32.1. The van der Waals surface area contributed by atoms with Gasteiger partial charge in [0.05, 0.1) is 30.5 Å². The van der Waals surface area contributed by atoms with Crippen LogP contribution >= 0.6 is 11.3 Å². The van der Waals surface area contributed by atoms with Gasteiger partial charge in [0.2, 0.25) is 11.8 Å². The Balaban J connectivity index is 1.44. The summed E-state index contributed by atoms with van der Waals surface area (Å²) >= 11 is 1.53. The summed E-state index contributed by atoms with van der Waals surface area (Å²) in [4.78, 5) is 29.7. The Morgan fingerprint density at radius 3 is 3.21 bits per heavy atom. The van der Waals surface area contributed by atoms with Crippen molar-refractivity contribution >= 4 is 23.2 Å². The number of rotatable bonds is 7. The fourth-order valence-electron chi connectivity index (χ4n) is 3.00. The Morgan fingerprint density at radius 2 is 2.46 bits per heavy atom. The van der Waals surface area contributed by atoms with E-state index in [1.165, 1.54) is 11.3 Å². The first kappa shape index (κ1) is 17.3. The van der Waals surface area contributed by atoms with Crippen LogP contribution in [0, 0.1) is 0 Å². The maximum absolute atomic E-state index is 12.2. The van der Waals surface area contributed by atoms with Crippen molar-refractivity contribution in [2.75, 3.05) is 26.3 Å². The highest BCUT2D eigenvalue weighted by molar-refractivity contribution is 7.07. The van der Waals surface area contributed by atoms with E-state index < -0.39 is 0 Å². The molecule has 2 aliphatic rings. The Labute approximate surface area is 145 Å². The van der Waals surface area contributed by atoms with Gasteiger partial charge in [0.1, 0.15) is 6.10 Å². The van der Waals surface area contributed by atoms with Gasteiger partial charge in [0.15, 0.2) is 0 Å². The summed E-state index contributed by atoms with van der Waals surface area (Å²) < 4.78 is 11.3. The molecule has 24 heavy (non-hydrogen) atoms. The minimum atomic E-state index is -0.169. The van der Waals surface area contributed by atoms with Crippen LogP contribution in [0.1, 0.15) is 31.4 Å². The molecule has 2 amide bonds. The summed E-state index contributed by atoms with van der Waals surface area (Å²) in [5.41, 5.74) is 2.66. The molecule has 2 atom stereocenters. The van der Waals surface area contributed by atoms with Crippen LogP contribution in [0.15, 0.2) is 10.9 Å². The second-order valence-corrected chi connectivity index (χ2v) is 6.82. The predicted octanol–water partition coefficient (Wildman–Crippen LogP) is 0.946. The van der Waals surface area contributed by atoms with Crippen molar-refractivity contribution in [1.82, 2.24) is 15.2 Å². The van der Waals surface area contributed by atoms with Crippen molar-refractivity contribution in [1.29, 1.82) is 0 Å².